The zero-order chi connectivity index (χ0) is 23.6. The van der Waals surface area contributed by atoms with Gasteiger partial charge in [0.25, 0.3) is 5.91 Å². The van der Waals surface area contributed by atoms with Gasteiger partial charge in [-0.3, -0.25) is 4.79 Å². The van der Waals surface area contributed by atoms with E-state index < -0.39 is 12.0 Å². The Morgan fingerprint density at radius 1 is 0.970 bits per heavy atom. The van der Waals surface area contributed by atoms with Gasteiger partial charge in [0, 0.05) is 43.8 Å². The molecular weight excluding hydrogens is 424 g/mol. The van der Waals surface area contributed by atoms with E-state index in [1.807, 2.05) is 6.07 Å². The summed E-state index contributed by atoms with van der Waals surface area (Å²) in [6, 6.07) is 11.3. The summed E-state index contributed by atoms with van der Waals surface area (Å²) in [7, 11) is 1.58. The molecule has 0 unspecified atom stereocenters. The van der Waals surface area contributed by atoms with E-state index in [1.165, 1.54) is 0 Å². The first-order chi connectivity index (χ1) is 16.0. The Bertz CT molecular complexity index is 971. The van der Waals surface area contributed by atoms with Crippen molar-refractivity contribution < 1.29 is 23.9 Å². The maximum absolute atomic E-state index is 12.8. The topological polar surface area (TPSA) is 109 Å². The minimum Gasteiger partial charge on any atom is -0.462 e. The van der Waals surface area contributed by atoms with Gasteiger partial charge in [-0.1, -0.05) is 0 Å². The number of hydrogen-bond donors (Lipinski definition) is 3. The average molecular weight is 455 g/mol. The van der Waals surface area contributed by atoms with Crippen LogP contribution in [0.2, 0.25) is 0 Å². The van der Waals surface area contributed by atoms with Crippen LogP contribution in [0.5, 0.6) is 0 Å². The van der Waals surface area contributed by atoms with Gasteiger partial charge >= 0.3 is 12.0 Å². The largest absolute Gasteiger partial charge is 0.462 e. The molecule has 0 radical (unpaired) electrons. The minimum atomic E-state index is -0.460. The van der Waals surface area contributed by atoms with Crippen molar-refractivity contribution >= 4 is 35.0 Å². The van der Waals surface area contributed by atoms with E-state index in [0.29, 0.717) is 42.3 Å². The molecule has 1 aliphatic rings. The number of anilines is 3. The summed E-state index contributed by atoms with van der Waals surface area (Å²) in [5.74, 6) is -0.629. The summed E-state index contributed by atoms with van der Waals surface area (Å²) in [5, 5.41) is 8.33. The molecule has 9 heteroatoms. The number of ether oxygens (including phenoxy) is 2. The molecule has 0 aromatic heterocycles. The molecule has 1 fully saturated rings. The van der Waals surface area contributed by atoms with Gasteiger partial charge in [0.05, 0.1) is 24.3 Å². The van der Waals surface area contributed by atoms with Crippen LogP contribution in [-0.4, -0.2) is 57.9 Å². The van der Waals surface area contributed by atoms with E-state index in [9.17, 15) is 14.4 Å². The lowest BCUT2D eigenvalue weighted by Crippen LogP contribution is -2.30. The summed E-state index contributed by atoms with van der Waals surface area (Å²) >= 11 is 0. The van der Waals surface area contributed by atoms with Gasteiger partial charge in [0.2, 0.25) is 0 Å². The van der Waals surface area contributed by atoms with Gasteiger partial charge in [-0.25, -0.2) is 9.59 Å². The van der Waals surface area contributed by atoms with E-state index in [4.69, 9.17) is 9.47 Å². The standard InChI is InChI=1S/C24H30N4O5/c1-3-33-23(30)17-6-8-18(9-7-17)26-24(31)27-19-10-11-21(28-13-4-5-14-28)20(16-19)22(29)25-12-15-32-2/h6-11,16H,3-5,12-15H2,1-2H3,(H,25,29)(H2,26,27,31). The Morgan fingerprint density at radius 3 is 2.30 bits per heavy atom. The Morgan fingerprint density at radius 2 is 1.64 bits per heavy atom. The SMILES string of the molecule is CCOC(=O)c1ccc(NC(=O)Nc2ccc(N3CCCC3)c(C(=O)NCCOC)c2)cc1. The smallest absolute Gasteiger partial charge is 0.338 e. The number of carbonyl (C=O) groups excluding carboxylic acids is 3. The van der Waals surface area contributed by atoms with Gasteiger partial charge < -0.3 is 30.3 Å². The highest BCUT2D eigenvalue weighted by Gasteiger charge is 2.20. The Balaban J connectivity index is 1.69. The van der Waals surface area contributed by atoms with Crippen LogP contribution in [0.3, 0.4) is 0 Å². The lowest BCUT2D eigenvalue weighted by atomic mass is 10.1. The highest BCUT2D eigenvalue weighted by molar-refractivity contribution is 6.04. The summed E-state index contributed by atoms with van der Waals surface area (Å²) in [6.07, 6.45) is 2.17. The minimum absolute atomic E-state index is 0.215. The zero-order valence-corrected chi connectivity index (χ0v) is 19.0. The van der Waals surface area contributed by atoms with Gasteiger partial charge in [0.15, 0.2) is 0 Å². The van der Waals surface area contributed by atoms with Crippen LogP contribution in [0, 0.1) is 0 Å². The molecule has 9 nitrogen and oxygen atoms in total. The Labute approximate surface area is 193 Å². The van der Waals surface area contributed by atoms with E-state index >= 15 is 0 Å². The van der Waals surface area contributed by atoms with Crippen LogP contribution in [-0.2, 0) is 9.47 Å². The predicted molar refractivity (Wildman–Crippen MR) is 127 cm³/mol. The summed E-state index contributed by atoms with van der Waals surface area (Å²) in [6.45, 7) is 4.64. The van der Waals surface area contributed by atoms with Gasteiger partial charge in [-0.15, -0.1) is 0 Å². The fourth-order valence-electron chi connectivity index (χ4n) is 3.59. The molecular formula is C24H30N4O5. The second kappa shape index (κ2) is 11.9. The number of esters is 1. The Hall–Kier alpha value is -3.59. The number of carbonyl (C=O) groups is 3. The van der Waals surface area contributed by atoms with Crippen LogP contribution in [0.15, 0.2) is 42.5 Å². The number of benzene rings is 2. The number of nitrogens with zero attached hydrogens (tertiary/aromatic N) is 1. The van der Waals surface area contributed by atoms with Crippen molar-refractivity contribution in [3.8, 4) is 0 Å². The maximum atomic E-state index is 12.8. The van der Waals surface area contributed by atoms with E-state index in [-0.39, 0.29) is 5.91 Å². The molecule has 0 aliphatic carbocycles. The van der Waals surface area contributed by atoms with Crippen LogP contribution in [0.4, 0.5) is 21.9 Å². The molecule has 0 saturated carbocycles. The predicted octanol–water partition coefficient (Wildman–Crippen LogP) is 3.48. The number of nitrogens with one attached hydrogen (secondary N) is 3. The molecule has 0 atom stereocenters. The molecule has 0 bridgehead atoms. The highest BCUT2D eigenvalue weighted by Crippen LogP contribution is 2.27. The molecule has 2 aromatic rings. The van der Waals surface area contributed by atoms with Crippen molar-refractivity contribution in [1.82, 2.24) is 5.32 Å². The molecule has 3 amide bonds. The lowest BCUT2D eigenvalue weighted by molar-refractivity contribution is 0.0526. The average Bonchev–Trinajstić information content (AvgIpc) is 3.34. The number of hydrogen-bond acceptors (Lipinski definition) is 6. The van der Waals surface area contributed by atoms with Crippen molar-refractivity contribution in [2.24, 2.45) is 0 Å². The first-order valence-corrected chi connectivity index (χ1v) is 11.0. The fourth-order valence-corrected chi connectivity index (χ4v) is 3.59. The van der Waals surface area contributed by atoms with Crippen molar-refractivity contribution in [3.05, 3.63) is 53.6 Å². The van der Waals surface area contributed by atoms with Crippen LogP contribution in [0.1, 0.15) is 40.5 Å². The van der Waals surface area contributed by atoms with E-state index in [0.717, 1.165) is 31.6 Å². The van der Waals surface area contributed by atoms with Crippen molar-refractivity contribution in [2.75, 3.05) is 55.5 Å². The van der Waals surface area contributed by atoms with Crippen molar-refractivity contribution in [1.29, 1.82) is 0 Å². The van der Waals surface area contributed by atoms with Crippen LogP contribution >= 0.6 is 0 Å². The van der Waals surface area contributed by atoms with Crippen molar-refractivity contribution in [3.63, 3.8) is 0 Å². The molecule has 3 N–H and O–H groups in total. The highest BCUT2D eigenvalue weighted by atomic mass is 16.5. The molecule has 1 saturated heterocycles. The number of rotatable bonds is 9. The zero-order valence-electron chi connectivity index (χ0n) is 19.0. The van der Waals surface area contributed by atoms with Gasteiger partial charge in [-0.2, -0.15) is 0 Å². The fraction of sp³-hybridized carbons (Fsp3) is 0.375. The molecule has 0 spiro atoms. The van der Waals surface area contributed by atoms with Crippen LogP contribution in [0.25, 0.3) is 0 Å². The third-order valence-electron chi connectivity index (χ3n) is 5.19. The molecule has 1 heterocycles. The quantitative estimate of drug-likeness (QED) is 0.395. The monoisotopic (exact) mass is 454 g/mol. The van der Waals surface area contributed by atoms with Gasteiger partial charge in [-0.05, 0) is 62.2 Å². The first kappa shape index (κ1) is 24.1. The second-order valence-electron chi connectivity index (χ2n) is 7.55. The number of urea groups is 1. The van der Waals surface area contributed by atoms with E-state index in [1.54, 1.807) is 50.4 Å². The summed E-state index contributed by atoms with van der Waals surface area (Å²) in [5.41, 5.74) is 2.78. The number of methoxy groups -OCH3 is 1. The third kappa shape index (κ3) is 6.69. The first-order valence-electron chi connectivity index (χ1n) is 11.0. The normalized spacial score (nSPS) is 12.8. The molecule has 33 heavy (non-hydrogen) atoms. The van der Waals surface area contributed by atoms with Crippen molar-refractivity contribution in [2.45, 2.75) is 19.8 Å². The summed E-state index contributed by atoms with van der Waals surface area (Å²) in [4.78, 5) is 39.2. The Kier molecular flexibility index (Phi) is 8.65. The second-order valence-corrected chi connectivity index (χ2v) is 7.55. The summed E-state index contributed by atoms with van der Waals surface area (Å²) < 4.78 is 9.96. The van der Waals surface area contributed by atoms with Crippen LogP contribution < -0.4 is 20.9 Å². The third-order valence-corrected chi connectivity index (χ3v) is 5.19. The lowest BCUT2D eigenvalue weighted by Gasteiger charge is -2.22. The molecule has 1 aliphatic heterocycles. The van der Waals surface area contributed by atoms with Gasteiger partial charge in [0.1, 0.15) is 0 Å². The maximum Gasteiger partial charge on any atom is 0.338 e. The number of amides is 3. The molecule has 3 rings (SSSR count). The van der Waals surface area contributed by atoms with E-state index in [2.05, 4.69) is 20.9 Å². The molecule has 2 aromatic carbocycles. The molecule has 176 valence electrons.